The highest BCUT2D eigenvalue weighted by Gasteiger charge is 2.70. The van der Waals surface area contributed by atoms with Crippen molar-refractivity contribution in [3.05, 3.63) is 72.9 Å². The van der Waals surface area contributed by atoms with Gasteiger partial charge in [0.1, 0.15) is 12.1 Å². The molecular weight excluding hydrogens is 793 g/mol. The SMILES string of the molecule is CCC=CCC=CCC=CCC=CCC=CCC=CCCC(=O)NCCNC(=O)C(=O)C(CC1CCC1)NC(=O)C1C2C(CN1C(=O)C(NC(=O)NC(C)(C)C)C(C)(C)C)C2(C)C. The van der Waals surface area contributed by atoms with E-state index in [1.54, 1.807) is 4.90 Å². The Bertz CT molecular complexity index is 1720. The zero-order chi connectivity index (χ0) is 46.6. The molecule has 0 bridgehead atoms. The molecule has 1 saturated heterocycles. The second kappa shape index (κ2) is 25.5. The molecule has 0 aromatic carbocycles. The third kappa shape index (κ3) is 18.1. The van der Waals surface area contributed by atoms with Crippen LogP contribution in [0, 0.1) is 28.6 Å². The van der Waals surface area contributed by atoms with Gasteiger partial charge in [0.25, 0.3) is 5.91 Å². The number of hydrogen-bond donors (Lipinski definition) is 5. The monoisotopic (exact) mass is 873 g/mol. The number of fused-ring (bicyclic) bond motifs is 1. The number of urea groups is 1. The first-order chi connectivity index (χ1) is 29.8. The van der Waals surface area contributed by atoms with Crippen LogP contribution in [-0.2, 0) is 24.0 Å². The lowest BCUT2D eigenvalue weighted by Crippen LogP contribution is -2.62. The Morgan fingerprint density at radius 2 is 1.24 bits per heavy atom. The first-order valence-electron chi connectivity index (χ1n) is 23.5. The molecule has 5 unspecified atom stereocenters. The lowest BCUT2D eigenvalue weighted by atomic mass is 9.80. The molecule has 12 nitrogen and oxygen atoms in total. The van der Waals surface area contributed by atoms with Gasteiger partial charge in [-0.3, -0.25) is 24.0 Å². The normalized spacial score (nSPS) is 21.0. The molecule has 12 heteroatoms. The molecule has 3 fully saturated rings. The lowest BCUT2D eigenvalue weighted by molar-refractivity contribution is -0.145. The summed E-state index contributed by atoms with van der Waals surface area (Å²) in [5.41, 5.74) is -1.36. The summed E-state index contributed by atoms with van der Waals surface area (Å²) in [6.45, 7) is 18.1. The van der Waals surface area contributed by atoms with Gasteiger partial charge in [0.05, 0.1) is 6.04 Å². The van der Waals surface area contributed by atoms with Crippen molar-refractivity contribution >= 4 is 35.4 Å². The first-order valence-corrected chi connectivity index (χ1v) is 23.5. The van der Waals surface area contributed by atoms with Crippen LogP contribution in [0.2, 0.25) is 0 Å². The molecule has 6 amide bonds. The van der Waals surface area contributed by atoms with Crippen LogP contribution in [0.4, 0.5) is 4.79 Å². The minimum Gasteiger partial charge on any atom is -0.354 e. The highest BCUT2D eigenvalue weighted by molar-refractivity contribution is 6.38. The molecule has 2 aliphatic carbocycles. The van der Waals surface area contributed by atoms with Gasteiger partial charge in [-0.1, -0.05) is 134 Å². The van der Waals surface area contributed by atoms with E-state index in [0.717, 1.165) is 57.8 Å². The summed E-state index contributed by atoms with van der Waals surface area (Å²) in [5.74, 6) is -2.36. The predicted molar refractivity (Wildman–Crippen MR) is 253 cm³/mol. The Labute approximate surface area is 378 Å². The summed E-state index contributed by atoms with van der Waals surface area (Å²) in [6.07, 6.45) is 35.4. The molecule has 5 N–H and O–H groups in total. The lowest BCUT2D eigenvalue weighted by Gasteiger charge is -2.38. The number of nitrogens with one attached hydrogen (secondary N) is 5. The molecule has 2 saturated carbocycles. The third-order valence-electron chi connectivity index (χ3n) is 12.2. The van der Waals surface area contributed by atoms with Crippen molar-refractivity contribution in [1.82, 2.24) is 31.5 Å². The zero-order valence-electron chi connectivity index (χ0n) is 39.9. The smallest absolute Gasteiger partial charge is 0.315 e. The number of ketones is 1. The van der Waals surface area contributed by atoms with Crippen molar-refractivity contribution in [3.63, 3.8) is 0 Å². The van der Waals surface area contributed by atoms with Crippen LogP contribution in [0.3, 0.4) is 0 Å². The summed E-state index contributed by atoms with van der Waals surface area (Å²) in [4.78, 5) is 82.3. The minimum absolute atomic E-state index is 0.0626. The van der Waals surface area contributed by atoms with Crippen LogP contribution in [-0.4, -0.2) is 83.6 Å². The molecule has 350 valence electrons. The summed E-state index contributed by atoms with van der Waals surface area (Å²) in [6, 6.07) is -3.28. The van der Waals surface area contributed by atoms with Crippen LogP contribution in [0.25, 0.3) is 0 Å². The fourth-order valence-electron chi connectivity index (χ4n) is 8.25. The molecule has 1 heterocycles. The van der Waals surface area contributed by atoms with Gasteiger partial charge in [-0.05, 0) is 101 Å². The van der Waals surface area contributed by atoms with E-state index in [1.165, 1.54) is 0 Å². The Morgan fingerprint density at radius 1 is 0.714 bits per heavy atom. The van der Waals surface area contributed by atoms with Gasteiger partial charge in [0.2, 0.25) is 23.5 Å². The molecule has 5 atom stereocenters. The number of nitrogens with zero attached hydrogens (tertiary/aromatic N) is 1. The molecule has 63 heavy (non-hydrogen) atoms. The predicted octanol–water partition coefficient (Wildman–Crippen LogP) is 7.94. The second-order valence-corrected chi connectivity index (χ2v) is 20.1. The summed E-state index contributed by atoms with van der Waals surface area (Å²) < 4.78 is 0. The second-order valence-electron chi connectivity index (χ2n) is 20.1. The van der Waals surface area contributed by atoms with Gasteiger partial charge in [0.15, 0.2) is 0 Å². The van der Waals surface area contributed by atoms with Crippen molar-refractivity contribution in [2.75, 3.05) is 19.6 Å². The van der Waals surface area contributed by atoms with Gasteiger partial charge < -0.3 is 31.5 Å². The Morgan fingerprint density at radius 3 is 1.73 bits per heavy atom. The van der Waals surface area contributed by atoms with Gasteiger partial charge in [-0.15, -0.1) is 0 Å². The van der Waals surface area contributed by atoms with E-state index < -0.39 is 52.7 Å². The number of amides is 6. The fourth-order valence-corrected chi connectivity index (χ4v) is 8.25. The molecule has 1 aliphatic heterocycles. The largest absolute Gasteiger partial charge is 0.354 e. The van der Waals surface area contributed by atoms with E-state index in [9.17, 15) is 28.8 Å². The average molecular weight is 873 g/mol. The molecule has 0 radical (unpaired) electrons. The van der Waals surface area contributed by atoms with E-state index >= 15 is 0 Å². The number of hydrogen-bond acceptors (Lipinski definition) is 6. The Hall–Kier alpha value is -4.74. The van der Waals surface area contributed by atoms with E-state index in [4.69, 9.17) is 0 Å². The summed E-state index contributed by atoms with van der Waals surface area (Å²) in [5, 5.41) is 14.1. The maximum Gasteiger partial charge on any atom is 0.315 e. The fraction of sp³-hybridized carbons (Fsp3) is 0.647. The highest BCUT2D eigenvalue weighted by atomic mass is 16.2. The van der Waals surface area contributed by atoms with Crippen LogP contribution in [0.15, 0.2) is 72.9 Å². The molecule has 0 spiro atoms. The maximum atomic E-state index is 14.3. The van der Waals surface area contributed by atoms with E-state index in [-0.39, 0.29) is 48.1 Å². The number of rotatable bonds is 25. The number of allylic oxidation sites excluding steroid dienone is 12. The van der Waals surface area contributed by atoms with Crippen LogP contribution < -0.4 is 26.6 Å². The van der Waals surface area contributed by atoms with Crippen molar-refractivity contribution in [3.8, 4) is 0 Å². The molecule has 0 aromatic rings. The van der Waals surface area contributed by atoms with E-state index in [0.29, 0.717) is 25.8 Å². The Kier molecular flexibility index (Phi) is 21.3. The average Bonchev–Trinajstić information content (AvgIpc) is 3.48. The zero-order valence-corrected chi connectivity index (χ0v) is 39.9. The molecule has 3 rings (SSSR count). The van der Waals surface area contributed by atoms with E-state index in [2.05, 4.69) is 108 Å². The quantitative estimate of drug-likeness (QED) is 0.0355. The third-order valence-corrected chi connectivity index (χ3v) is 12.2. The maximum absolute atomic E-state index is 14.3. The standard InChI is InChI=1S/C51H80N6O6/c1-10-11-12-13-14-15-16-17-18-19-20-21-22-23-24-25-26-27-28-32-40(58)52-33-34-53-46(61)43(59)39(35-37-30-29-31-37)54-45(60)42-41-38(51(41,8)9)36-57(42)47(62)44(49(2,3)4)55-48(63)56-50(5,6)7/h11-12,14-15,17-18,20-21,23-24,26-27,37-39,41-42,44H,10,13,16,19,22,25,28-36H2,1-9H3,(H,52,58)(H,53,61)(H,54,60)(H2,55,56,63). The van der Waals surface area contributed by atoms with Gasteiger partial charge in [-0.25, -0.2) is 4.79 Å². The van der Waals surface area contributed by atoms with Crippen LogP contribution in [0.1, 0.15) is 139 Å². The number of carbonyl (C=O) groups is 6. The van der Waals surface area contributed by atoms with Gasteiger partial charge >= 0.3 is 6.03 Å². The van der Waals surface area contributed by atoms with Crippen LogP contribution in [0.5, 0.6) is 0 Å². The number of carbonyl (C=O) groups excluding carboxylic acids is 6. The molecule has 3 aliphatic rings. The number of likely N-dealkylation sites (tertiary alicyclic amines) is 1. The Balaban J connectivity index is 1.43. The van der Waals surface area contributed by atoms with Gasteiger partial charge in [0, 0.05) is 31.6 Å². The topological polar surface area (TPSA) is 166 Å². The van der Waals surface area contributed by atoms with Crippen molar-refractivity contribution in [1.29, 1.82) is 0 Å². The van der Waals surface area contributed by atoms with Crippen molar-refractivity contribution in [2.24, 2.45) is 28.6 Å². The number of Topliss-reactive ketones (excluding diaryl/α,β-unsaturated/α-hetero) is 1. The summed E-state index contributed by atoms with van der Waals surface area (Å²) in [7, 11) is 0. The van der Waals surface area contributed by atoms with Crippen molar-refractivity contribution in [2.45, 2.75) is 163 Å². The number of piperidine rings is 1. The summed E-state index contributed by atoms with van der Waals surface area (Å²) >= 11 is 0. The van der Waals surface area contributed by atoms with Crippen molar-refractivity contribution < 1.29 is 28.8 Å². The first kappa shape index (κ1) is 52.6. The minimum atomic E-state index is -1.05. The highest BCUT2D eigenvalue weighted by Crippen LogP contribution is 2.65. The van der Waals surface area contributed by atoms with E-state index in [1.807, 2.05) is 53.7 Å². The molecule has 0 aromatic heterocycles. The van der Waals surface area contributed by atoms with Gasteiger partial charge in [-0.2, -0.15) is 0 Å². The van der Waals surface area contributed by atoms with Crippen LogP contribution >= 0.6 is 0 Å². The molecular formula is C51H80N6O6.